The van der Waals surface area contributed by atoms with E-state index in [2.05, 4.69) is 6.07 Å². The third-order valence-electron chi connectivity index (χ3n) is 3.83. The second-order valence-electron chi connectivity index (χ2n) is 5.04. The molecular formula is C15H13F3N2. The number of nitrogens with zero attached hydrogens (tertiary/aromatic N) is 2. The van der Waals surface area contributed by atoms with E-state index in [-0.39, 0.29) is 17.4 Å². The Morgan fingerprint density at radius 1 is 1.10 bits per heavy atom. The Bertz CT molecular complexity index is 578. The lowest BCUT2D eigenvalue weighted by Gasteiger charge is -2.27. The number of nitriles is 2. The van der Waals surface area contributed by atoms with Crippen LogP contribution in [0.5, 0.6) is 0 Å². The first-order valence-corrected chi connectivity index (χ1v) is 6.48. The van der Waals surface area contributed by atoms with Crippen molar-refractivity contribution in [1.29, 1.82) is 10.5 Å². The Kier molecular flexibility index (Phi) is 3.99. The van der Waals surface area contributed by atoms with Gasteiger partial charge in [0.2, 0.25) is 0 Å². The van der Waals surface area contributed by atoms with Crippen LogP contribution in [0, 0.1) is 28.6 Å². The number of hydrogen-bond donors (Lipinski definition) is 0. The van der Waals surface area contributed by atoms with Crippen molar-refractivity contribution in [3.8, 4) is 12.1 Å². The molecule has 0 bridgehead atoms. The topological polar surface area (TPSA) is 47.6 Å². The standard InChI is InChI=1S/C15H13F3N2/c16-15(17,18)14-7-10(5-6-12(14)9-20)13-4-2-1-3-11(13)8-19/h5-7,11,13H,1-4H2. The number of rotatable bonds is 1. The first-order valence-electron chi connectivity index (χ1n) is 6.48. The Morgan fingerprint density at radius 3 is 2.40 bits per heavy atom. The highest BCUT2D eigenvalue weighted by molar-refractivity contribution is 5.43. The van der Waals surface area contributed by atoms with Crippen molar-refractivity contribution >= 4 is 0 Å². The van der Waals surface area contributed by atoms with Crippen LogP contribution in [0.4, 0.5) is 13.2 Å². The Balaban J connectivity index is 2.44. The van der Waals surface area contributed by atoms with Crippen molar-refractivity contribution in [3.63, 3.8) is 0 Å². The summed E-state index contributed by atoms with van der Waals surface area (Å²) in [6.07, 6.45) is -1.23. The predicted octanol–water partition coefficient (Wildman–Crippen LogP) is 4.37. The summed E-state index contributed by atoms with van der Waals surface area (Å²) in [4.78, 5) is 0. The van der Waals surface area contributed by atoms with Crippen molar-refractivity contribution in [3.05, 3.63) is 34.9 Å². The van der Waals surface area contributed by atoms with Crippen molar-refractivity contribution in [2.75, 3.05) is 0 Å². The third kappa shape index (κ3) is 2.77. The molecule has 1 aliphatic carbocycles. The van der Waals surface area contributed by atoms with E-state index in [9.17, 15) is 13.2 Å². The molecule has 2 nitrogen and oxygen atoms in total. The second-order valence-corrected chi connectivity index (χ2v) is 5.04. The van der Waals surface area contributed by atoms with Crippen LogP contribution in [0.3, 0.4) is 0 Å². The lowest BCUT2D eigenvalue weighted by atomic mass is 9.76. The van der Waals surface area contributed by atoms with Crippen LogP contribution in [0.25, 0.3) is 0 Å². The molecule has 0 aromatic heterocycles. The Labute approximate surface area is 115 Å². The van der Waals surface area contributed by atoms with E-state index in [1.165, 1.54) is 6.07 Å². The minimum absolute atomic E-state index is 0.164. The number of halogens is 3. The Hall–Kier alpha value is -2.01. The summed E-state index contributed by atoms with van der Waals surface area (Å²) in [5.74, 6) is -0.402. The van der Waals surface area contributed by atoms with Crippen LogP contribution in [0.15, 0.2) is 18.2 Å². The first kappa shape index (κ1) is 14.4. The van der Waals surface area contributed by atoms with Gasteiger partial charge in [-0.05, 0) is 36.5 Å². The maximum Gasteiger partial charge on any atom is 0.417 e. The molecule has 0 spiro atoms. The van der Waals surface area contributed by atoms with Crippen molar-refractivity contribution in [1.82, 2.24) is 0 Å². The zero-order valence-electron chi connectivity index (χ0n) is 10.7. The monoisotopic (exact) mass is 278 g/mol. The highest BCUT2D eigenvalue weighted by Gasteiger charge is 2.35. The van der Waals surface area contributed by atoms with E-state index in [1.54, 1.807) is 12.1 Å². The van der Waals surface area contributed by atoms with Gasteiger partial charge in [-0.15, -0.1) is 0 Å². The molecule has 5 heteroatoms. The first-order chi connectivity index (χ1) is 9.47. The lowest BCUT2D eigenvalue weighted by molar-refractivity contribution is -0.137. The van der Waals surface area contributed by atoms with Crippen LogP contribution in [-0.2, 0) is 6.18 Å². The maximum atomic E-state index is 12.9. The van der Waals surface area contributed by atoms with Gasteiger partial charge in [0.15, 0.2) is 0 Å². The zero-order chi connectivity index (χ0) is 14.8. The quantitative estimate of drug-likeness (QED) is 0.765. The van der Waals surface area contributed by atoms with E-state index in [1.807, 2.05) is 0 Å². The van der Waals surface area contributed by atoms with Crippen molar-refractivity contribution in [2.45, 2.75) is 37.8 Å². The highest BCUT2D eigenvalue weighted by atomic mass is 19.4. The minimum Gasteiger partial charge on any atom is -0.198 e. The van der Waals surface area contributed by atoms with Crippen LogP contribution >= 0.6 is 0 Å². The van der Waals surface area contributed by atoms with Gasteiger partial charge in [-0.25, -0.2) is 0 Å². The van der Waals surface area contributed by atoms with Gasteiger partial charge in [0.1, 0.15) is 0 Å². The summed E-state index contributed by atoms with van der Waals surface area (Å²) >= 11 is 0. The normalized spacial score (nSPS) is 22.9. The molecule has 1 aliphatic rings. The predicted molar refractivity (Wildman–Crippen MR) is 66.5 cm³/mol. The van der Waals surface area contributed by atoms with E-state index >= 15 is 0 Å². The van der Waals surface area contributed by atoms with E-state index in [4.69, 9.17) is 10.5 Å². The van der Waals surface area contributed by atoms with Crippen LogP contribution in [-0.4, -0.2) is 0 Å². The van der Waals surface area contributed by atoms with Gasteiger partial charge in [0.05, 0.1) is 29.2 Å². The molecule has 0 N–H and O–H groups in total. The van der Waals surface area contributed by atoms with Crippen LogP contribution in [0.1, 0.15) is 48.3 Å². The molecule has 0 amide bonds. The third-order valence-corrected chi connectivity index (χ3v) is 3.83. The van der Waals surface area contributed by atoms with Crippen molar-refractivity contribution in [2.24, 2.45) is 5.92 Å². The molecule has 1 fully saturated rings. The fourth-order valence-electron chi connectivity index (χ4n) is 2.81. The molecule has 1 aromatic rings. The summed E-state index contributed by atoms with van der Waals surface area (Å²) < 4.78 is 38.8. The molecule has 0 aliphatic heterocycles. The number of hydrogen-bond acceptors (Lipinski definition) is 2. The van der Waals surface area contributed by atoms with Gasteiger partial charge >= 0.3 is 6.18 Å². The molecule has 2 atom stereocenters. The largest absolute Gasteiger partial charge is 0.417 e. The molecule has 104 valence electrons. The van der Waals surface area contributed by atoms with Gasteiger partial charge in [-0.3, -0.25) is 0 Å². The molecule has 1 aromatic carbocycles. The number of benzene rings is 1. The van der Waals surface area contributed by atoms with Crippen molar-refractivity contribution < 1.29 is 13.2 Å². The van der Waals surface area contributed by atoms with Crippen LogP contribution < -0.4 is 0 Å². The molecule has 0 saturated heterocycles. The number of alkyl halides is 3. The van der Waals surface area contributed by atoms with Gasteiger partial charge in [0, 0.05) is 0 Å². The molecule has 0 heterocycles. The highest BCUT2D eigenvalue weighted by Crippen LogP contribution is 2.40. The maximum absolute atomic E-state index is 12.9. The van der Waals surface area contributed by atoms with E-state index in [0.29, 0.717) is 5.56 Å². The average molecular weight is 278 g/mol. The molecule has 1 saturated carbocycles. The summed E-state index contributed by atoms with van der Waals surface area (Å²) in [7, 11) is 0. The molecule has 2 rings (SSSR count). The summed E-state index contributed by atoms with van der Waals surface area (Å²) in [5.41, 5.74) is -0.757. The molecule has 2 unspecified atom stereocenters. The second kappa shape index (κ2) is 5.54. The van der Waals surface area contributed by atoms with Gasteiger partial charge in [-0.2, -0.15) is 23.7 Å². The summed E-state index contributed by atoms with van der Waals surface area (Å²) in [6.45, 7) is 0. The van der Waals surface area contributed by atoms with E-state index in [0.717, 1.165) is 31.7 Å². The average Bonchev–Trinajstić information content (AvgIpc) is 2.45. The fraction of sp³-hybridized carbons (Fsp3) is 0.467. The lowest BCUT2D eigenvalue weighted by Crippen LogP contribution is -2.17. The van der Waals surface area contributed by atoms with Gasteiger partial charge in [-0.1, -0.05) is 18.9 Å². The minimum atomic E-state index is -4.54. The van der Waals surface area contributed by atoms with Gasteiger partial charge in [0.25, 0.3) is 0 Å². The molecule has 20 heavy (non-hydrogen) atoms. The van der Waals surface area contributed by atoms with Gasteiger partial charge < -0.3 is 0 Å². The fourth-order valence-corrected chi connectivity index (χ4v) is 2.81. The SMILES string of the molecule is N#Cc1ccc(C2CCCCC2C#N)cc1C(F)(F)F. The Morgan fingerprint density at radius 2 is 1.80 bits per heavy atom. The van der Waals surface area contributed by atoms with Crippen LogP contribution in [0.2, 0.25) is 0 Å². The smallest absolute Gasteiger partial charge is 0.198 e. The summed E-state index contributed by atoms with van der Waals surface area (Å²) in [5, 5.41) is 17.9. The summed E-state index contributed by atoms with van der Waals surface area (Å²) in [6, 6.07) is 7.57. The molecule has 0 radical (unpaired) electrons. The zero-order valence-corrected chi connectivity index (χ0v) is 10.7. The van der Waals surface area contributed by atoms with E-state index < -0.39 is 11.7 Å². The molecular weight excluding hydrogens is 265 g/mol.